The van der Waals surface area contributed by atoms with E-state index in [2.05, 4.69) is 27.7 Å². The Bertz CT molecular complexity index is 924. The van der Waals surface area contributed by atoms with E-state index in [0.717, 1.165) is 50.0 Å². The van der Waals surface area contributed by atoms with Crippen LogP contribution >= 0.6 is 0 Å². The van der Waals surface area contributed by atoms with Gasteiger partial charge >= 0.3 is 11.9 Å². The first-order chi connectivity index (χ1) is 17.5. The summed E-state index contributed by atoms with van der Waals surface area (Å²) in [5.74, 6) is 1.10. The molecule has 206 valence electrons. The molecule has 0 spiro atoms. The topological polar surface area (TPSA) is 71.1 Å². The molecule has 1 aliphatic rings. The first-order valence-electron chi connectivity index (χ1n) is 13.5. The van der Waals surface area contributed by atoms with Gasteiger partial charge < -0.3 is 18.9 Å². The van der Waals surface area contributed by atoms with Crippen LogP contribution in [0.3, 0.4) is 0 Å². The van der Waals surface area contributed by atoms with Crippen LogP contribution in [0.15, 0.2) is 48.3 Å². The van der Waals surface area contributed by atoms with Crippen LogP contribution in [-0.4, -0.2) is 38.4 Å². The van der Waals surface area contributed by atoms with Crippen LogP contribution in [0.5, 0.6) is 5.75 Å². The molecule has 0 saturated heterocycles. The number of benzene rings is 1. The highest BCUT2D eigenvalue weighted by Gasteiger charge is 2.36. The molecular formula is C31H46O6. The summed E-state index contributed by atoms with van der Waals surface area (Å²) in [6.45, 7) is 13.6. The van der Waals surface area contributed by atoms with Crippen molar-refractivity contribution in [3.8, 4) is 5.75 Å². The van der Waals surface area contributed by atoms with Crippen LogP contribution in [0.2, 0.25) is 0 Å². The van der Waals surface area contributed by atoms with Crippen LogP contribution in [0.25, 0.3) is 0 Å². The molecule has 1 aliphatic carbocycles. The van der Waals surface area contributed by atoms with Gasteiger partial charge in [-0.25, -0.2) is 4.79 Å². The third-order valence-electron chi connectivity index (χ3n) is 6.70. The van der Waals surface area contributed by atoms with E-state index in [-0.39, 0.29) is 29.4 Å². The van der Waals surface area contributed by atoms with Gasteiger partial charge in [0.2, 0.25) is 0 Å². The quantitative estimate of drug-likeness (QED) is 0.192. The maximum Gasteiger partial charge on any atom is 0.338 e. The maximum absolute atomic E-state index is 12.6. The van der Waals surface area contributed by atoms with Crippen LogP contribution in [0.4, 0.5) is 0 Å². The zero-order valence-corrected chi connectivity index (χ0v) is 23.8. The fourth-order valence-electron chi connectivity index (χ4n) is 4.53. The molecule has 3 unspecified atom stereocenters. The first kappa shape index (κ1) is 30.5. The molecule has 0 bridgehead atoms. The van der Waals surface area contributed by atoms with E-state index in [9.17, 15) is 9.59 Å². The molecule has 3 atom stereocenters. The fraction of sp³-hybridized carbons (Fsp3) is 0.613. The van der Waals surface area contributed by atoms with E-state index in [0.29, 0.717) is 18.8 Å². The molecule has 6 heteroatoms. The van der Waals surface area contributed by atoms with Crippen LogP contribution in [-0.2, 0) is 19.0 Å². The Balaban J connectivity index is 1.62. The summed E-state index contributed by atoms with van der Waals surface area (Å²) in [6, 6.07) is 7.04. The Morgan fingerprint density at radius 1 is 0.946 bits per heavy atom. The largest absolute Gasteiger partial charge is 0.497 e. The van der Waals surface area contributed by atoms with Crippen molar-refractivity contribution in [2.24, 2.45) is 16.7 Å². The number of unbranched alkanes of at least 4 members (excludes halogenated alkanes) is 3. The molecule has 0 aromatic heterocycles. The summed E-state index contributed by atoms with van der Waals surface area (Å²) in [4.78, 5) is 25.1. The summed E-state index contributed by atoms with van der Waals surface area (Å²) in [5.41, 5.74) is 0.159. The number of carbonyl (C=O) groups is 2. The molecule has 37 heavy (non-hydrogen) atoms. The Kier molecular flexibility index (Phi) is 11.7. The van der Waals surface area contributed by atoms with Gasteiger partial charge in [-0.3, -0.25) is 4.79 Å². The molecule has 0 amide bonds. The molecule has 0 saturated carbocycles. The van der Waals surface area contributed by atoms with Crippen molar-refractivity contribution in [2.45, 2.75) is 86.2 Å². The van der Waals surface area contributed by atoms with Crippen molar-refractivity contribution < 1.29 is 28.5 Å². The summed E-state index contributed by atoms with van der Waals surface area (Å²) in [7, 11) is 1.62. The number of carbonyl (C=O) groups excluding carboxylic acids is 2. The molecule has 1 aromatic carbocycles. The first-order valence-corrected chi connectivity index (χ1v) is 13.5. The molecule has 0 heterocycles. The van der Waals surface area contributed by atoms with E-state index in [4.69, 9.17) is 18.9 Å². The van der Waals surface area contributed by atoms with E-state index >= 15 is 0 Å². The van der Waals surface area contributed by atoms with Gasteiger partial charge in [-0.2, -0.15) is 0 Å². The lowest BCUT2D eigenvalue weighted by Crippen LogP contribution is -2.33. The number of hydrogen-bond donors (Lipinski definition) is 0. The van der Waals surface area contributed by atoms with Crippen molar-refractivity contribution in [1.82, 2.24) is 0 Å². The number of ether oxygens (including phenoxy) is 4. The molecule has 0 aliphatic heterocycles. The number of allylic oxidation sites excluding steroid dienone is 1. The normalized spacial score (nSPS) is 18.9. The predicted molar refractivity (Wildman–Crippen MR) is 146 cm³/mol. The molecule has 2 rings (SSSR count). The SMILES string of the molecule is CCC(C)(CC(C)(C)C)C(=O)OCCCCCCOc1ccc(C(=O)OC2C=CC(OC)=CC2C)cc1. The molecule has 0 fully saturated rings. The zero-order valence-electron chi connectivity index (χ0n) is 23.8. The third-order valence-corrected chi connectivity index (χ3v) is 6.70. The highest BCUT2D eigenvalue weighted by atomic mass is 16.5. The Hall–Kier alpha value is -2.76. The molecule has 0 radical (unpaired) electrons. The lowest BCUT2D eigenvalue weighted by molar-refractivity contribution is -0.157. The van der Waals surface area contributed by atoms with Gasteiger partial charge in [0, 0.05) is 5.92 Å². The van der Waals surface area contributed by atoms with Crippen molar-refractivity contribution in [1.29, 1.82) is 0 Å². The monoisotopic (exact) mass is 514 g/mol. The number of esters is 2. The predicted octanol–water partition coefficient (Wildman–Crippen LogP) is 7.28. The van der Waals surface area contributed by atoms with E-state index in [1.807, 2.05) is 32.1 Å². The second-order valence-corrected chi connectivity index (χ2v) is 11.4. The van der Waals surface area contributed by atoms with Crippen molar-refractivity contribution in [2.75, 3.05) is 20.3 Å². The average molecular weight is 515 g/mol. The van der Waals surface area contributed by atoms with E-state index in [1.165, 1.54) is 0 Å². The third kappa shape index (κ3) is 10.3. The summed E-state index contributed by atoms with van der Waals surface area (Å²) in [6.07, 6.45) is 10.6. The van der Waals surface area contributed by atoms with E-state index < -0.39 is 5.41 Å². The minimum Gasteiger partial charge on any atom is -0.497 e. The van der Waals surface area contributed by atoms with Crippen molar-refractivity contribution in [3.05, 3.63) is 53.8 Å². The standard InChI is InChI=1S/C31H46O6/c1-8-31(6,22-30(3,4)5)29(33)36-20-12-10-9-11-19-35-25-15-13-24(14-16-25)28(32)37-27-18-17-26(34-7)21-23(27)2/h13-18,21,23,27H,8-12,19-20,22H2,1-7H3. The highest BCUT2D eigenvalue weighted by molar-refractivity contribution is 5.89. The molecule has 0 N–H and O–H groups in total. The number of hydrogen-bond acceptors (Lipinski definition) is 6. The molecule has 1 aromatic rings. The summed E-state index contributed by atoms with van der Waals surface area (Å²) >= 11 is 0. The molecular weight excluding hydrogens is 468 g/mol. The van der Waals surface area contributed by atoms with Gasteiger partial charge in [-0.05, 0) is 93.4 Å². The summed E-state index contributed by atoms with van der Waals surface area (Å²) < 4.78 is 22.3. The summed E-state index contributed by atoms with van der Waals surface area (Å²) in [5, 5.41) is 0. The van der Waals surface area contributed by atoms with Gasteiger partial charge in [0.05, 0.1) is 31.3 Å². The Morgan fingerprint density at radius 3 is 2.16 bits per heavy atom. The van der Waals surface area contributed by atoms with Gasteiger partial charge in [0.25, 0.3) is 0 Å². The van der Waals surface area contributed by atoms with Crippen molar-refractivity contribution >= 4 is 11.9 Å². The van der Waals surface area contributed by atoms with Gasteiger partial charge in [-0.15, -0.1) is 0 Å². The maximum atomic E-state index is 12.6. The van der Waals surface area contributed by atoms with Gasteiger partial charge in [-0.1, -0.05) is 34.6 Å². The van der Waals surface area contributed by atoms with Crippen LogP contribution < -0.4 is 4.74 Å². The second-order valence-electron chi connectivity index (χ2n) is 11.4. The lowest BCUT2D eigenvalue weighted by atomic mass is 9.73. The highest BCUT2D eigenvalue weighted by Crippen LogP contribution is 2.37. The average Bonchev–Trinajstić information content (AvgIpc) is 2.85. The van der Waals surface area contributed by atoms with Crippen LogP contribution in [0.1, 0.15) is 90.4 Å². The van der Waals surface area contributed by atoms with Crippen LogP contribution in [0, 0.1) is 16.7 Å². The minimum atomic E-state index is -0.421. The van der Waals surface area contributed by atoms with Gasteiger partial charge in [0.1, 0.15) is 17.6 Å². The van der Waals surface area contributed by atoms with Gasteiger partial charge in [0.15, 0.2) is 0 Å². The minimum absolute atomic E-state index is 0.0450. The Morgan fingerprint density at radius 2 is 1.59 bits per heavy atom. The number of rotatable bonds is 14. The smallest absolute Gasteiger partial charge is 0.338 e. The Labute approximate surface area is 223 Å². The molecule has 6 nitrogen and oxygen atoms in total. The van der Waals surface area contributed by atoms with Crippen molar-refractivity contribution in [3.63, 3.8) is 0 Å². The second kappa shape index (κ2) is 14.3. The fourth-order valence-corrected chi connectivity index (χ4v) is 4.53. The zero-order chi connectivity index (χ0) is 27.5. The van der Waals surface area contributed by atoms with E-state index in [1.54, 1.807) is 31.4 Å². The lowest BCUT2D eigenvalue weighted by Gasteiger charge is -2.32. The number of methoxy groups -OCH3 is 1.